The Morgan fingerprint density at radius 2 is 1.82 bits per heavy atom. The van der Waals surface area contributed by atoms with Crippen molar-refractivity contribution >= 4 is 23.3 Å². The highest BCUT2D eigenvalue weighted by Gasteiger charge is 2.37. The summed E-state index contributed by atoms with van der Waals surface area (Å²) < 4.78 is 1.85. The van der Waals surface area contributed by atoms with Crippen LogP contribution in [-0.2, 0) is 16.1 Å². The van der Waals surface area contributed by atoms with Gasteiger partial charge < -0.3 is 9.80 Å². The molecule has 4 rings (SSSR count). The van der Waals surface area contributed by atoms with Crippen molar-refractivity contribution in [2.45, 2.75) is 39.3 Å². The van der Waals surface area contributed by atoms with Crippen LogP contribution in [0, 0.1) is 6.92 Å². The minimum absolute atomic E-state index is 0.00974. The molecule has 1 fully saturated rings. The molecule has 0 unspecified atom stereocenters. The maximum Gasteiger partial charge on any atom is 0.245 e. The fourth-order valence-corrected chi connectivity index (χ4v) is 4.18. The summed E-state index contributed by atoms with van der Waals surface area (Å²) in [6.07, 6.45) is 0.980. The first-order valence-corrected chi connectivity index (χ1v) is 10.0. The number of anilines is 2. The van der Waals surface area contributed by atoms with Gasteiger partial charge in [-0.2, -0.15) is 5.10 Å². The molecule has 0 radical (unpaired) electrons. The van der Waals surface area contributed by atoms with E-state index in [0.29, 0.717) is 32.5 Å². The number of hydrogen-bond acceptors (Lipinski definition) is 4. The van der Waals surface area contributed by atoms with E-state index in [2.05, 4.69) is 22.1 Å². The van der Waals surface area contributed by atoms with Crippen LogP contribution >= 0.6 is 0 Å². The van der Waals surface area contributed by atoms with Crippen LogP contribution in [0.25, 0.3) is 0 Å². The van der Waals surface area contributed by atoms with E-state index in [4.69, 9.17) is 0 Å². The summed E-state index contributed by atoms with van der Waals surface area (Å²) in [7, 11) is 0. The Bertz CT molecular complexity index is 855. The van der Waals surface area contributed by atoms with Crippen molar-refractivity contribution < 1.29 is 9.59 Å². The molecule has 0 aliphatic carbocycles. The molecule has 2 aromatic rings. The normalized spacial score (nSPS) is 18.2. The van der Waals surface area contributed by atoms with Gasteiger partial charge in [0, 0.05) is 44.4 Å². The quantitative estimate of drug-likeness (QED) is 0.813. The molecule has 148 valence electrons. The number of nitrogens with zero attached hydrogens (tertiary/aromatic N) is 5. The standard InChI is InChI=1S/C21H27N5O2/c1-3-18(26-19-15-16(2)22-25(19)10-9-20(26)27)21(28)24-13-11-23(12-14-24)17-7-5-4-6-8-17/h4-8,15,18H,3,9-14H2,1-2H3/t18-/m1/s1. The molecule has 0 bridgehead atoms. The van der Waals surface area contributed by atoms with Crippen molar-refractivity contribution in [2.75, 3.05) is 36.0 Å². The van der Waals surface area contributed by atoms with E-state index in [0.717, 1.165) is 24.6 Å². The average Bonchev–Trinajstić information content (AvgIpc) is 3.11. The topological polar surface area (TPSA) is 61.7 Å². The van der Waals surface area contributed by atoms with E-state index >= 15 is 0 Å². The van der Waals surface area contributed by atoms with Crippen LogP contribution in [-0.4, -0.2) is 58.7 Å². The SMILES string of the molecule is CC[C@H](C(=O)N1CCN(c2ccccc2)CC1)N1C(=O)CCn2nc(C)cc21. The van der Waals surface area contributed by atoms with Gasteiger partial charge in [-0.1, -0.05) is 25.1 Å². The fraction of sp³-hybridized carbons (Fsp3) is 0.476. The van der Waals surface area contributed by atoms with Crippen LogP contribution in [0.2, 0.25) is 0 Å². The van der Waals surface area contributed by atoms with Crippen LogP contribution in [0.1, 0.15) is 25.5 Å². The van der Waals surface area contributed by atoms with Crippen LogP contribution < -0.4 is 9.80 Å². The van der Waals surface area contributed by atoms with Gasteiger partial charge in [0.2, 0.25) is 11.8 Å². The molecule has 2 aliphatic rings. The largest absolute Gasteiger partial charge is 0.368 e. The maximum atomic E-state index is 13.3. The molecule has 1 aromatic carbocycles. The Labute approximate surface area is 165 Å². The van der Waals surface area contributed by atoms with Crippen LogP contribution in [0.4, 0.5) is 11.5 Å². The molecule has 7 nitrogen and oxygen atoms in total. The molecule has 1 atom stereocenters. The zero-order valence-electron chi connectivity index (χ0n) is 16.5. The number of rotatable bonds is 4. The summed E-state index contributed by atoms with van der Waals surface area (Å²) in [6, 6.07) is 11.7. The molecular formula is C21H27N5O2. The van der Waals surface area contributed by atoms with Gasteiger partial charge in [-0.25, -0.2) is 4.68 Å². The number of aryl methyl sites for hydroxylation is 2. The van der Waals surface area contributed by atoms with Crippen molar-refractivity contribution in [1.29, 1.82) is 0 Å². The Balaban J connectivity index is 1.49. The average molecular weight is 381 g/mol. The third-order valence-corrected chi connectivity index (χ3v) is 5.63. The lowest BCUT2D eigenvalue weighted by molar-refractivity contribution is -0.135. The third-order valence-electron chi connectivity index (χ3n) is 5.63. The molecule has 2 aliphatic heterocycles. The zero-order chi connectivity index (χ0) is 19.7. The van der Waals surface area contributed by atoms with Gasteiger partial charge in [0.15, 0.2) is 0 Å². The second kappa shape index (κ2) is 7.66. The minimum atomic E-state index is -0.467. The Kier molecular flexibility index (Phi) is 5.07. The summed E-state index contributed by atoms with van der Waals surface area (Å²) in [5.41, 5.74) is 2.06. The molecule has 28 heavy (non-hydrogen) atoms. The first kappa shape index (κ1) is 18.5. The molecular weight excluding hydrogens is 354 g/mol. The number of aromatic nitrogens is 2. The van der Waals surface area contributed by atoms with E-state index in [1.54, 1.807) is 4.90 Å². The molecule has 0 spiro atoms. The lowest BCUT2D eigenvalue weighted by Crippen LogP contribution is -2.57. The Morgan fingerprint density at radius 1 is 1.11 bits per heavy atom. The number of piperazine rings is 1. The highest BCUT2D eigenvalue weighted by atomic mass is 16.2. The summed E-state index contributed by atoms with van der Waals surface area (Å²) in [5.74, 6) is 0.795. The lowest BCUT2D eigenvalue weighted by Gasteiger charge is -2.40. The van der Waals surface area contributed by atoms with Gasteiger partial charge in [-0.3, -0.25) is 14.5 Å². The van der Waals surface area contributed by atoms with Gasteiger partial charge in [-0.15, -0.1) is 0 Å². The monoisotopic (exact) mass is 381 g/mol. The van der Waals surface area contributed by atoms with E-state index < -0.39 is 6.04 Å². The van der Waals surface area contributed by atoms with Crippen molar-refractivity contribution in [1.82, 2.24) is 14.7 Å². The number of carbonyl (C=O) groups excluding carboxylic acids is 2. The van der Waals surface area contributed by atoms with Gasteiger partial charge in [0.25, 0.3) is 0 Å². The number of amides is 2. The number of carbonyl (C=O) groups is 2. The highest BCUT2D eigenvalue weighted by molar-refractivity contribution is 6.01. The second-order valence-electron chi connectivity index (χ2n) is 7.45. The maximum absolute atomic E-state index is 13.3. The van der Waals surface area contributed by atoms with E-state index in [1.807, 2.05) is 47.7 Å². The van der Waals surface area contributed by atoms with Gasteiger partial charge in [0.1, 0.15) is 11.9 Å². The zero-order valence-corrected chi connectivity index (χ0v) is 16.5. The Morgan fingerprint density at radius 3 is 2.50 bits per heavy atom. The summed E-state index contributed by atoms with van der Waals surface area (Å²) >= 11 is 0. The smallest absolute Gasteiger partial charge is 0.245 e. The molecule has 1 aromatic heterocycles. The van der Waals surface area contributed by atoms with Crippen LogP contribution in [0.5, 0.6) is 0 Å². The van der Waals surface area contributed by atoms with Crippen molar-refractivity contribution in [3.8, 4) is 0 Å². The number of fused-ring (bicyclic) bond motifs is 1. The molecule has 0 saturated carbocycles. The fourth-order valence-electron chi connectivity index (χ4n) is 4.18. The Hall–Kier alpha value is -2.83. The molecule has 3 heterocycles. The number of para-hydroxylation sites is 1. The molecule has 0 N–H and O–H groups in total. The van der Waals surface area contributed by atoms with Crippen molar-refractivity contribution in [3.63, 3.8) is 0 Å². The number of hydrogen-bond donors (Lipinski definition) is 0. The van der Waals surface area contributed by atoms with Gasteiger partial charge in [0.05, 0.1) is 12.2 Å². The molecule has 1 saturated heterocycles. The minimum Gasteiger partial charge on any atom is -0.368 e. The van der Waals surface area contributed by atoms with E-state index in [-0.39, 0.29) is 11.8 Å². The summed E-state index contributed by atoms with van der Waals surface area (Å²) in [4.78, 5) is 31.9. The van der Waals surface area contributed by atoms with E-state index in [1.165, 1.54) is 5.69 Å². The third kappa shape index (κ3) is 3.37. The van der Waals surface area contributed by atoms with Gasteiger partial charge >= 0.3 is 0 Å². The highest BCUT2D eigenvalue weighted by Crippen LogP contribution is 2.27. The van der Waals surface area contributed by atoms with Crippen molar-refractivity contribution in [2.24, 2.45) is 0 Å². The molecule has 7 heteroatoms. The van der Waals surface area contributed by atoms with Crippen molar-refractivity contribution in [3.05, 3.63) is 42.1 Å². The lowest BCUT2D eigenvalue weighted by atomic mass is 10.1. The first-order valence-electron chi connectivity index (χ1n) is 10.0. The first-order chi connectivity index (χ1) is 13.6. The van der Waals surface area contributed by atoms with Crippen LogP contribution in [0.3, 0.4) is 0 Å². The van der Waals surface area contributed by atoms with Gasteiger partial charge in [-0.05, 0) is 25.5 Å². The van der Waals surface area contributed by atoms with E-state index in [9.17, 15) is 9.59 Å². The second-order valence-corrected chi connectivity index (χ2v) is 7.45. The predicted octanol–water partition coefficient (Wildman–Crippen LogP) is 2.06. The summed E-state index contributed by atoms with van der Waals surface area (Å²) in [6.45, 7) is 7.42. The number of benzene rings is 1. The molecule has 2 amide bonds. The van der Waals surface area contributed by atoms with Crippen LogP contribution in [0.15, 0.2) is 36.4 Å². The predicted molar refractivity (Wildman–Crippen MR) is 108 cm³/mol. The summed E-state index contributed by atoms with van der Waals surface area (Å²) in [5, 5.41) is 4.46.